The molecule has 0 unspecified atom stereocenters. The normalized spacial score (nSPS) is 17.7. The second kappa shape index (κ2) is 8.83. The molecule has 2 aliphatic heterocycles. The molecule has 2 amide bonds. The number of fused-ring (bicyclic) bond motifs is 4. The van der Waals surface area contributed by atoms with Crippen LogP contribution in [-0.4, -0.2) is 28.5 Å². The maximum atomic E-state index is 15.4. The van der Waals surface area contributed by atoms with E-state index in [1.807, 2.05) is 20.8 Å². The molecule has 0 saturated heterocycles. The van der Waals surface area contributed by atoms with E-state index in [-0.39, 0.29) is 28.9 Å². The Morgan fingerprint density at radius 2 is 1.77 bits per heavy atom. The summed E-state index contributed by atoms with van der Waals surface area (Å²) < 4.78 is 22.6. The van der Waals surface area contributed by atoms with Crippen molar-refractivity contribution < 1.29 is 18.7 Å². The summed E-state index contributed by atoms with van der Waals surface area (Å²) in [4.78, 5) is 34.8. The number of benzene rings is 3. The molecule has 198 valence electrons. The number of carbonyl (C=O) groups is 2. The first-order chi connectivity index (χ1) is 18.6. The van der Waals surface area contributed by atoms with Gasteiger partial charge in [0.15, 0.2) is 11.2 Å². The van der Waals surface area contributed by atoms with Gasteiger partial charge in [-0.1, -0.05) is 41.4 Å². The maximum Gasteiger partial charge on any atom is 0.280 e. The number of carbonyl (C=O) groups excluding carboxylic acids is 2. The molecule has 7 nitrogen and oxygen atoms in total. The molecule has 3 heterocycles. The number of amides is 2. The van der Waals surface area contributed by atoms with Crippen LogP contribution >= 0.6 is 23.2 Å². The molecule has 0 aliphatic carbocycles. The van der Waals surface area contributed by atoms with Gasteiger partial charge in [-0.05, 0) is 62.7 Å². The van der Waals surface area contributed by atoms with Crippen molar-refractivity contribution in [3.8, 4) is 17.1 Å². The Labute approximate surface area is 234 Å². The van der Waals surface area contributed by atoms with E-state index < -0.39 is 23.2 Å². The van der Waals surface area contributed by atoms with E-state index in [1.165, 1.54) is 24.1 Å². The van der Waals surface area contributed by atoms with Gasteiger partial charge in [0.2, 0.25) is 0 Å². The lowest BCUT2D eigenvalue weighted by Gasteiger charge is -2.36. The number of halogens is 3. The van der Waals surface area contributed by atoms with Crippen molar-refractivity contribution in [2.75, 3.05) is 17.3 Å². The summed E-state index contributed by atoms with van der Waals surface area (Å²) in [5.41, 5.74) is 1.02. The number of rotatable bonds is 4. The van der Waals surface area contributed by atoms with Crippen LogP contribution in [0.2, 0.25) is 10.0 Å². The quantitative estimate of drug-likeness (QED) is 0.297. The lowest BCUT2D eigenvalue weighted by atomic mass is 9.86. The van der Waals surface area contributed by atoms with Crippen LogP contribution < -0.4 is 15.0 Å². The van der Waals surface area contributed by atoms with E-state index in [0.717, 1.165) is 5.56 Å². The minimum Gasteiger partial charge on any atom is -0.496 e. The highest BCUT2D eigenvalue weighted by Crippen LogP contribution is 2.55. The van der Waals surface area contributed by atoms with Crippen molar-refractivity contribution in [2.24, 2.45) is 0 Å². The zero-order valence-corrected chi connectivity index (χ0v) is 23.0. The fraction of sp³-hybridized carbons (Fsp3) is 0.207. The minimum absolute atomic E-state index is 0.0429. The summed E-state index contributed by atoms with van der Waals surface area (Å²) in [6.45, 7) is 5.62. The molecular formula is C29H23Cl2FN4O3. The van der Waals surface area contributed by atoms with E-state index in [1.54, 1.807) is 47.0 Å². The van der Waals surface area contributed by atoms with Gasteiger partial charge in [-0.2, -0.15) is 0 Å². The van der Waals surface area contributed by atoms with Crippen molar-refractivity contribution in [1.82, 2.24) is 9.55 Å². The molecule has 4 aromatic rings. The van der Waals surface area contributed by atoms with Crippen LogP contribution in [0.4, 0.5) is 15.8 Å². The first-order valence-corrected chi connectivity index (χ1v) is 13.0. The van der Waals surface area contributed by atoms with E-state index in [9.17, 15) is 9.59 Å². The average molecular weight is 565 g/mol. The molecular weight excluding hydrogens is 542 g/mol. The topological polar surface area (TPSA) is 76.5 Å². The summed E-state index contributed by atoms with van der Waals surface area (Å²) in [6, 6.07) is 14.4. The lowest BCUT2D eigenvalue weighted by molar-refractivity contribution is -0.119. The van der Waals surface area contributed by atoms with Gasteiger partial charge in [-0.25, -0.2) is 9.37 Å². The summed E-state index contributed by atoms with van der Waals surface area (Å²) in [5.74, 6) is -1.08. The number of anilines is 2. The first kappa shape index (κ1) is 25.4. The van der Waals surface area contributed by atoms with Crippen molar-refractivity contribution in [1.29, 1.82) is 0 Å². The molecule has 1 spiro atoms. The van der Waals surface area contributed by atoms with Gasteiger partial charge in [0.1, 0.15) is 17.4 Å². The number of aryl methyl sites for hydroxylation is 1. The Morgan fingerprint density at radius 3 is 2.49 bits per heavy atom. The molecule has 10 heteroatoms. The van der Waals surface area contributed by atoms with Gasteiger partial charge < -0.3 is 14.6 Å². The smallest absolute Gasteiger partial charge is 0.280 e. The summed E-state index contributed by atoms with van der Waals surface area (Å²) in [6.07, 6.45) is 0. The van der Waals surface area contributed by atoms with Crippen LogP contribution in [0.25, 0.3) is 11.4 Å². The Hall–Kier alpha value is -3.88. The molecule has 1 N–H and O–H groups in total. The number of aromatic nitrogens is 2. The Kier molecular flexibility index (Phi) is 5.75. The SMILES string of the molecule is COc1cccc(F)c1-c1nc2c(n1C(C)C)[C@@]1(C(=O)Nc3cc(Cl)ccc31)N(c1cc(Cl)ccc1C)C2=O. The molecule has 0 saturated carbocycles. The predicted octanol–water partition coefficient (Wildman–Crippen LogP) is 6.75. The zero-order valence-electron chi connectivity index (χ0n) is 21.5. The number of nitrogens with one attached hydrogen (secondary N) is 1. The van der Waals surface area contributed by atoms with Gasteiger partial charge in [0, 0.05) is 27.3 Å². The number of hydrogen-bond donors (Lipinski definition) is 1. The second-order valence-corrected chi connectivity index (χ2v) is 10.7. The Morgan fingerprint density at radius 1 is 1.05 bits per heavy atom. The Balaban J connectivity index is 1.76. The van der Waals surface area contributed by atoms with Gasteiger partial charge in [-0.15, -0.1) is 0 Å². The van der Waals surface area contributed by atoms with E-state index in [0.29, 0.717) is 32.7 Å². The summed E-state index contributed by atoms with van der Waals surface area (Å²) in [7, 11) is 1.44. The molecule has 0 bridgehead atoms. The maximum absolute atomic E-state index is 15.4. The van der Waals surface area contributed by atoms with Crippen molar-refractivity contribution in [3.05, 3.63) is 93.0 Å². The molecule has 3 aromatic carbocycles. The highest BCUT2D eigenvalue weighted by molar-refractivity contribution is 6.32. The number of ether oxygens (including phenoxy) is 1. The van der Waals surface area contributed by atoms with E-state index in [2.05, 4.69) is 5.32 Å². The number of imidazole rings is 1. The third kappa shape index (κ3) is 3.38. The number of nitrogens with zero attached hydrogens (tertiary/aromatic N) is 3. The average Bonchev–Trinajstić information content (AvgIpc) is 3.49. The van der Waals surface area contributed by atoms with Crippen LogP contribution in [0.3, 0.4) is 0 Å². The second-order valence-electron chi connectivity index (χ2n) is 9.84. The molecule has 6 rings (SSSR count). The molecule has 1 aromatic heterocycles. The third-order valence-corrected chi connectivity index (χ3v) is 7.76. The molecule has 0 fully saturated rings. The van der Waals surface area contributed by atoms with Crippen LogP contribution in [0.5, 0.6) is 5.75 Å². The predicted molar refractivity (Wildman–Crippen MR) is 148 cm³/mol. The molecule has 2 aliphatic rings. The fourth-order valence-corrected chi connectivity index (χ4v) is 6.04. The summed E-state index contributed by atoms with van der Waals surface area (Å²) in [5, 5.41) is 3.76. The number of hydrogen-bond acceptors (Lipinski definition) is 4. The van der Waals surface area contributed by atoms with Gasteiger partial charge in [0.25, 0.3) is 11.8 Å². The van der Waals surface area contributed by atoms with Gasteiger partial charge in [-0.3, -0.25) is 14.5 Å². The molecule has 1 atom stereocenters. The van der Waals surface area contributed by atoms with Crippen molar-refractivity contribution >= 4 is 46.4 Å². The Bertz CT molecular complexity index is 1720. The highest BCUT2D eigenvalue weighted by atomic mass is 35.5. The summed E-state index contributed by atoms with van der Waals surface area (Å²) >= 11 is 12.7. The first-order valence-electron chi connectivity index (χ1n) is 12.3. The fourth-order valence-electron chi connectivity index (χ4n) is 5.70. The standard InChI is InChI=1S/C29H23Cl2FN4O3/c1-14(2)35-25-24(34-26(35)23-19(32)6-5-7-22(23)39-4)27(37)36(21-13-17(31)9-8-15(21)3)29(25)18-11-10-16(30)12-20(18)33-28(29)38/h5-14H,1-4H3,(H,33,38)/t29-/m0/s1. The van der Waals surface area contributed by atoms with Gasteiger partial charge >= 0.3 is 0 Å². The number of methoxy groups -OCH3 is 1. The third-order valence-electron chi connectivity index (χ3n) is 7.29. The monoisotopic (exact) mass is 564 g/mol. The molecule has 39 heavy (non-hydrogen) atoms. The molecule has 0 radical (unpaired) electrons. The van der Waals surface area contributed by atoms with E-state index in [4.69, 9.17) is 32.9 Å². The van der Waals surface area contributed by atoms with Crippen LogP contribution in [0.15, 0.2) is 54.6 Å². The minimum atomic E-state index is -1.66. The highest BCUT2D eigenvalue weighted by Gasteiger charge is 2.64. The lowest BCUT2D eigenvalue weighted by Crippen LogP contribution is -2.51. The van der Waals surface area contributed by atoms with E-state index >= 15 is 4.39 Å². The zero-order chi connectivity index (χ0) is 27.8. The largest absolute Gasteiger partial charge is 0.496 e. The van der Waals surface area contributed by atoms with Crippen LogP contribution in [-0.2, 0) is 10.3 Å². The van der Waals surface area contributed by atoms with Crippen molar-refractivity contribution in [2.45, 2.75) is 32.4 Å². The van der Waals surface area contributed by atoms with Crippen LogP contribution in [0.1, 0.15) is 47.2 Å². The van der Waals surface area contributed by atoms with Crippen LogP contribution in [0, 0.1) is 12.7 Å². The van der Waals surface area contributed by atoms with Gasteiger partial charge in [0.05, 0.1) is 24.1 Å². The van der Waals surface area contributed by atoms with Crippen molar-refractivity contribution in [3.63, 3.8) is 0 Å².